The number of nitrogens with zero attached hydrogens (tertiary/aromatic N) is 4. The Hall–Kier alpha value is -2.86. The average molecular weight is 368 g/mol. The van der Waals surface area contributed by atoms with E-state index in [0.717, 1.165) is 16.8 Å². The first-order valence-corrected chi connectivity index (χ1v) is 8.81. The molecule has 6 nitrogen and oxygen atoms in total. The van der Waals surface area contributed by atoms with Crippen LogP contribution in [0.15, 0.2) is 60.8 Å². The van der Waals surface area contributed by atoms with E-state index in [-0.39, 0.29) is 12.1 Å². The van der Waals surface area contributed by atoms with Gasteiger partial charge in [-0.05, 0) is 17.7 Å². The maximum atomic E-state index is 12.2. The molecule has 0 bridgehead atoms. The average Bonchev–Trinajstić information content (AvgIpc) is 3.10. The van der Waals surface area contributed by atoms with E-state index < -0.39 is 0 Å². The molecule has 1 N–H and O–H groups in total. The van der Waals surface area contributed by atoms with Gasteiger partial charge in [0, 0.05) is 30.2 Å². The Morgan fingerprint density at radius 2 is 1.85 bits per heavy atom. The van der Waals surface area contributed by atoms with Crippen molar-refractivity contribution in [2.24, 2.45) is 0 Å². The smallest absolute Gasteiger partial charge is 0.317 e. The summed E-state index contributed by atoms with van der Waals surface area (Å²) >= 11 is 5.86. The van der Waals surface area contributed by atoms with Crippen LogP contribution in [0.1, 0.15) is 11.6 Å². The first kappa shape index (κ1) is 16.6. The Bertz CT molecular complexity index is 888. The van der Waals surface area contributed by atoms with E-state index >= 15 is 0 Å². The van der Waals surface area contributed by atoms with Crippen LogP contribution in [0.2, 0.25) is 5.02 Å². The second kappa shape index (κ2) is 7.17. The zero-order chi connectivity index (χ0) is 17.9. The molecule has 2 amide bonds. The highest BCUT2D eigenvalue weighted by molar-refractivity contribution is 6.30. The lowest BCUT2D eigenvalue weighted by Crippen LogP contribution is -2.54. The van der Waals surface area contributed by atoms with Crippen LogP contribution in [-0.2, 0) is 6.54 Å². The molecule has 1 aromatic heterocycles. The lowest BCUT2D eigenvalue weighted by molar-refractivity contribution is 0.117. The van der Waals surface area contributed by atoms with Gasteiger partial charge in [0.15, 0.2) is 0 Å². The van der Waals surface area contributed by atoms with Crippen molar-refractivity contribution < 1.29 is 4.79 Å². The van der Waals surface area contributed by atoms with Crippen molar-refractivity contribution in [3.05, 3.63) is 71.4 Å². The standard InChI is InChI=1S/C19H18ClN5O/c20-16-8-6-14(7-9-16)10-21-19(26)24-11-17(12-24)25-13-18(22-23-25)15-4-2-1-3-5-15/h1-9,13,17H,10-12H2,(H,21,26). The van der Waals surface area contributed by atoms with Gasteiger partial charge in [-0.25, -0.2) is 9.48 Å². The van der Waals surface area contributed by atoms with Crippen LogP contribution in [0.25, 0.3) is 11.3 Å². The lowest BCUT2D eigenvalue weighted by atomic mass is 10.1. The van der Waals surface area contributed by atoms with E-state index in [2.05, 4.69) is 15.6 Å². The van der Waals surface area contributed by atoms with Crippen LogP contribution in [0.5, 0.6) is 0 Å². The molecule has 1 aliphatic heterocycles. The Balaban J connectivity index is 1.29. The van der Waals surface area contributed by atoms with Gasteiger partial charge in [0.2, 0.25) is 0 Å². The van der Waals surface area contributed by atoms with Gasteiger partial charge >= 0.3 is 6.03 Å². The fourth-order valence-corrected chi connectivity index (χ4v) is 3.00. The number of rotatable bonds is 4. The largest absolute Gasteiger partial charge is 0.334 e. The molecule has 0 unspecified atom stereocenters. The number of halogens is 1. The highest BCUT2D eigenvalue weighted by Gasteiger charge is 2.32. The fourth-order valence-electron chi connectivity index (χ4n) is 2.88. The van der Waals surface area contributed by atoms with Crippen molar-refractivity contribution in [1.29, 1.82) is 0 Å². The van der Waals surface area contributed by atoms with Gasteiger partial charge in [-0.15, -0.1) is 5.10 Å². The summed E-state index contributed by atoms with van der Waals surface area (Å²) in [6, 6.07) is 17.5. The van der Waals surface area contributed by atoms with Crippen LogP contribution in [0, 0.1) is 0 Å². The number of urea groups is 1. The van der Waals surface area contributed by atoms with Gasteiger partial charge in [0.05, 0.1) is 12.2 Å². The van der Waals surface area contributed by atoms with E-state index in [4.69, 9.17) is 11.6 Å². The number of aromatic nitrogens is 3. The van der Waals surface area contributed by atoms with Gasteiger partial charge < -0.3 is 10.2 Å². The summed E-state index contributed by atoms with van der Waals surface area (Å²) in [5.41, 5.74) is 2.90. The Morgan fingerprint density at radius 3 is 2.58 bits per heavy atom. The third-order valence-electron chi connectivity index (χ3n) is 4.46. The lowest BCUT2D eigenvalue weighted by Gasteiger charge is -2.38. The number of carbonyl (C=O) groups is 1. The molecule has 0 atom stereocenters. The minimum atomic E-state index is -0.0698. The van der Waals surface area contributed by atoms with Crippen LogP contribution < -0.4 is 5.32 Å². The molecule has 1 saturated heterocycles. The van der Waals surface area contributed by atoms with Gasteiger partial charge in [-0.2, -0.15) is 0 Å². The van der Waals surface area contributed by atoms with E-state index in [1.54, 1.807) is 4.90 Å². The Morgan fingerprint density at radius 1 is 1.12 bits per heavy atom. The Labute approximate surface area is 156 Å². The number of carbonyl (C=O) groups excluding carboxylic acids is 1. The zero-order valence-electron chi connectivity index (χ0n) is 14.0. The molecule has 0 spiro atoms. The predicted molar refractivity (Wildman–Crippen MR) is 99.8 cm³/mol. The summed E-state index contributed by atoms with van der Waals surface area (Å²) in [6.07, 6.45) is 1.93. The summed E-state index contributed by atoms with van der Waals surface area (Å²) in [5, 5.41) is 12.0. The second-order valence-electron chi connectivity index (χ2n) is 6.29. The molecule has 4 rings (SSSR count). The summed E-state index contributed by atoms with van der Waals surface area (Å²) in [7, 11) is 0. The third kappa shape index (κ3) is 3.55. The fraction of sp³-hybridized carbons (Fsp3) is 0.211. The van der Waals surface area contributed by atoms with Crippen molar-refractivity contribution in [3.63, 3.8) is 0 Å². The molecule has 3 aromatic rings. The van der Waals surface area contributed by atoms with E-state index in [0.29, 0.717) is 24.7 Å². The van der Waals surface area contributed by atoms with Crippen molar-refractivity contribution in [3.8, 4) is 11.3 Å². The monoisotopic (exact) mass is 367 g/mol. The molecule has 7 heteroatoms. The van der Waals surface area contributed by atoms with Crippen LogP contribution in [-0.4, -0.2) is 39.0 Å². The highest BCUT2D eigenvalue weighted by Crippen LogP contribution is 2.23. The first-order valence-electron chi connectivity index (χ1n) is 8.43. The zero-order valence-corrected chi connectivity index (χ0v) is 14.8. The van der Waals surface area contributed by atoms with Crippen LogP contribution in [0.3, 0.4) is 0 Å². The van der Waals surface area contributed by atoms with Crippen molar-refractivity contribution >= 4 is 17.6 Å². The minimum absolute atomic E-state index is 0.0698. The highest BCUT2D eigenvalue weighted by atomic mass is 35.5. The van der Waals surface area contributed by atoms with E-state index in [1.807, 2.05) is 65.5 Å². The van der Waals surface area contributed by atoms with Crippen molar-refractivity contribution in [2.75, 3.05) is 13.1 Å². The molecule has 1 aliphatic rings. The van der Waals surface area contributed by atoms with E-state index in [1.165, 1.54) is 0 Å². The van der Waals surface area contributed by atoms with E-state index in [9.17, 15) is 4.79 Å². The molecule has 2 aromatic carbocycles. The number of hydrogen-bond acceptors (Lipinski definition) is 3. The Kier molecular flexibility index (Phi) is 4.58. The molecule has 2 heterocycles. The molecule has 1 fully saturated rings. The molecule has 132 valence electrons. The molecular weight excluding hydrogens is 350 g/mol. The number of nitrogens with one attached hydrogen (secondary N) is 1. The van der Waals surface area contributed by atoms with Gasteiger partial charge in [0.1, 0.15) is 5.69 Å². The number of likely N-dealkylation sites (tertiary alicyclic amines) is 1. The maximum Gasteiger partial charge on any atom is 0.317 e. The first-order chi connectivity index (χ1) is 12.7. The summed E-state index contributed by atoms with van der Waals surface area (Å²) < 4.78 is 1.84. The summed E-state index contributed by atoms with van der Waals surface area (Å²) in [6.45, 7) is 1.74. The maximum absolute atomic E-state index is 12.2. The molecule has 26 heavy (non-hydrogen) atoms. The summed E-state index contributed by atoms with van der Waals surface area (Å²) in [5.74, 6) is 0. The predicted octanol–water partition coefficient (Wildman–Crippen LogP) is 3.37. The number of benzene rings is 2. The SMILES string of the molecule is O=C(NCc1ccc(Cl)cc1)N1CC(n2cc(-c3ccccc3)nn2)C1. The van der Waals surface area contributed by atoms with Gasteiger partial charge in [-0.3, -0.25) is 0 Å². The molecule has 0 aliphatic carbocycles. The van der Waals surface area contributed by atoms with Gasteiger partial charge in [-0.1, -0.05) is 59.3 Å². The molecule has 0 saturated carbocycles. The number of hydrogen-bond donors (Lipinski definition) is 1. The number of amides is 2. The third-order valence-corrected chi connectivity index (χ3v) is 4.71. The van der Waals surface area contributed by atoms with Gasteiger partial charge in [0.25, 0.3) is 0 Å². The second-order valence-corrected chi connectivity index (χ2v) is 6.73. The minimum Gasteiger partial charge on any atom is -0.334 e. The molecular formula is C19H18ClN5O. The van der Waals surface area contributed by atoms with Crippen LogP contribution in [0.4, 0.5) is 4.79 Å². The van der Waals surface area contributed by atoms with Crippen LogP contribution >= 0.6 is 11.6 Å². The quantitative estimate of drug-likeness (QED) is 0.769. The topological polar surface area (TPSA) is 63.1 Å². The van der Waals surface area contributed by atoms with Crippen molar-refractivity contribution in [1.82, 2.24) is 25.2 Å². The normalized spacial score (nSPS) is 14.1. The molecule has 0 radical (unpaired) electrons. The summed E-state index contributed by atoms with van der Waals surface area (Å²) in [4.78, 5) is 14.0. The van der Waals surface area contributed by atoms with Crippen molar-refractivity contribution in [2.45, 2.75) is 12.6 Å².